The van der Waals surface area contributed by atoms with Gasteiger partial charge in [-0.1, -0.05) is 32.6 Å². The molecule has 0 aromatic carbocycles. The van der Waals surface area contributed by atoms with E-state index < -0.39 is 0 Å². The molecule has 2 rings (SSSR count). The fourth-order valence-electron chi connectivity index (χ4n) is 3.88. The molecule has 2 aliphatic carbocycles. The first-order valence-corrected chi connectivity index (χ1v) is 8.29. The second-order valence-corrected chi connectivity index (χ2v) is 6.51. The molecule has 2 N–H and O–H groups in total. The van der Waals surface area contributed by atoms with Crippen LogP contribution in [0, 0.1) is 5.92 Å². The Morgan fingerprint density at radius 1 is 0.889 bits per heavy atom. The molecule has 0 radical (unpaired) electrons. The minimum Gasteiger partial charge on any atom is -0.328 e. The van der Waals surface area contributed by atoms with E-state index in [-0.39, 0.29) is 0 Å². The summed E-state index contributed by atoms with van der Waals surface area (Å²) in [6, 6.07) is 1.32. The summed E-state index contributed by atoms with van der Waals surface area (Å²) in [7, 11) is 0. The third-order valence-corrected chi connectivity index (χ3v) is 5.13. The van der Waals surface area contributed by atoms with E-state index in [1.165, 1.54) is 77.3 Å². The van der Waals surface area contributed by atoms with E-state index in [1.54, 1.807) is 0 Å². The number of hydrogen-bond donors (Lipinski definition) is 1. The van der Waals surface area contributed by atoms with Gasteiger partial charge >= 0.3 is 0 Å². The minimum atomic E-state index is 0.484. The van der Waals surface area contributed by atoms with Gasteiger partial charge in [-0.15, -0.1) is 0 Å². The van der Waals surface area contributed by atoms with Crippen molar-refractivity contribution in [2.75, 3.05) is 13.1 Å². The highest BCUT2D eigenvalue weighted by Gasteiger charge is 2.25. The SMILES string of the molecule is CCN(CC1CCCCCC1)C1CCC(N)CC1. The highest BCUT2D eigenvalue weighted by atomic mass is 15.2. The van der Waals surface area contributed by atoms with Gasteiger partial charge in [0, 0.05) is 18.6 Å². The van der Waals surface area contributed by atoms with Crippen LogP contribution in [0.25, 0.3) is 0 Å². The molecule has 0 spiro atoms. The molecule has 0 heterocycles. The quantitative estimate of drug-likeness (QED) is 0.775. The number of nitrogens with zero attached hydrogens (tertiary/aromatic N) is 1. The molecule has 0 aromatic rings. The maximum absolute atomic E-state index is 6.02. The molecule has 2 aliphatic rings. The van der Waals surface area contributed by atoms with Gasteiger partial charge in [0.05, 0.1) is 0 Å². The summed E-state index contributed by atoms with van der Waals surface area (Å²) >= 11 is 0. The molecule has 0 bridgehead atoms. The van der Waals surface area contributed by atoms with Crippen LogP contribution in [0.3, 0.4) is 0 Å². The summed E-state index contributed by atoms with van der Waals surface area (Å²) in [4.78, 5) is 2.77. The average Bonchev–Trinajstić information content (AvgIpc) is 2.66. The average molecular weight is 252 g/mol. The third-order valence-electron chi connectivity index (χ3n) is 5.13. The number of rotatable bonds is 4. The zero-order chi connectivity index (χ0) is 12.8. The van der Waals surface area contributed by atoms with Crippen molar-refractivity contribution in [3.63, 3.8) is 0 Å². The molecule has 2 fully saturated rings. The van der Waals surface area contributed by atoms with Crippen LogP contribution in [0.1, 0.15) is 71.1 Å². The summed E-state index contributed by atoms with van der Waals surface area (Å²) < 4.78 is 0. The Morgan fingerprint density at radius 3 is 2.06 bits per heavy atom. The zero-order valence-electron chi connectivity index (χ0n) is 12.2. The van der Waals surface area contributed by atoms with E-state index in [1.807, 2.05) is 0 Å². The molecule has 0 amide bonds. The number of hydrogen-bond acceptors (Lipinski definition) is 2. The molecule has 0 atom stereocenters. The summed E-state index contributed by atoms with van der Waals surface area (Å²) in [5, 5.41) is 0. The van der Waals surface area contributed by atoms with Gasteiger partial charge in [0.2, 0.25) is 0 Å². The van der Waals surface area contributed by atoms with Crippen molar-refractivity contribution in [2.24, 2.45) is 11.7 Å². The predicted octanol–water partition coefficient (Wildman–Crippen LogP) is 3.55. The first-order chi connectivity index (χ1) is 8.79. The van der Waals surface area contributed by atoms with Crippen LogP contribution in [0.5, 0.6) is 0 Å². The Hall–Kier alpha value is -0.0800. The lowest BCUT2D eigenvalue weighted by Gasteiger charge is -2.37. The highest BCUT2D eigenvalue weighted by Crippen LogP contribution is 2.27. The molecule has 2 nitrogen and oxygen atoms in total. The fourth-order valence-corrected chi connectivity index (χ4v) is 3.88. The van der Waals surface area contributed by atoms with Gasteiger partial charge in [0.15, 0.2) is 0 Å². The van der Waals surface area contributed by atoms with E-state index in [0.717, 1.165) is 12.0 Å². The van der Waals surface area contributed by atoms with E-state index in [2.05, 4.69) is 11.8 Å². The normalized spacial score (nSPS) is 31.5. The van der Waals surface area contributed by atoms with E-state index in [0.29, 0.717) is 6.04 Å². The Bertz CT molecular complexity index is 213. The van der Waals surface area contributed by atoms with E-state index in [4.69, 9.17) is 5.73 Å². The minimum absolute atomic E-state index is 0.484. The van der Waals surface area contributed by atoms with Crippen LogP contribution in [-0.4, -0.2) is 30.1 Å². The van der Waals surface area contributed by atoms with E-state index >= 15 is 0 Å². The molecule has 0 unspecified atom stereocenters. The first kappa shape index (κ1) is 14.3. The van der Waals surface area contributed by atoms with Gasteiger partial charge in [-0.25, -0.2) is 0 Å². The standard InChI is InChI=1S/C16H32N2/c1-2-18(16-11-9-15(17)10-12-16)13-14-7-5-3-4-6-8-14/h14-16H,2-13,17H2,1H3. The summed E-state index contributed by atoms with van der Waals surface area (Å²) in [6.07, 6.45) is 14.0. The number of nitrogens with two attached hydrogens (primary N) is 1. The van der Waals surface area contributed by atoms with Crippen molar-refractivity contribution >= 4 is 0 Å². The van der Waals surface area contributed by atoms with Crippen LogP contribution in [-0.2, 0) is 0 Å². The van der Waals surface area contributed by atoms with Gasteiger partial charge in [-0.2, -0.15) is 0 Å². The maximum Gasteiger partial charge on any atom is 0.00964 e. The molecule has 18 heavy (non-hydrogen) atoms. The molecule has 0 aromatic heterocycles. The lowest BCUT2D eigenvalue weighted by atomic mass is 9.89. The van der Waals surface area contributed by atoms with Crippen LogP contribution in [0.4, 0.5) is 0 Å². The largest absolute Gasteiger partial charge is 0.328 e. The van der Waals surface area contributed by atoms with Crippen molar-refractivity contribution < 1.29 is 0 Å². The monoisotopic (exact) mass is 252 g/mol. The first-order valence-electron chi connectivity index (χ1n) is 8.29. The van der Waals surface area contributed by atoms with Crippen molar-refractivity contribution in [2.45, 2.75) is 83.2 Å². The van der Waals surface area contributed by atoms with Crippen LogP contribution >= 0.6 is 0 Å². The zero-order valence-corrected chi connectivity index (χ0v) is 12.2. The molecule has 2 saturated carbocycles. The Labute approximate surface area is 113 Å². The van der Waals surface area contributed by atoms with Crippen LogP contribution in [0.2, 0.25) is 0 Å². The van der Waals surface area contributed by atoms with Crippen molar-refractivity contribution in [3.05, 3.63) is 0 Å². The predicted molar refractivity (Wildman–Crippen MR) is 78.7 cm³/mol. The van der Waals surface area contributed by atoms with Crippen molar-refractivity contribution in [1.29, 1.82) is 0 Å². The van der Waals surface area contributed by atoms with Gasteiger partial charge in [0.1, 0.15) is 0 Å². The lowest BCUT2D eigenvalue weighted by Crippen LogP contribution is -2.42. The Kier molecular flexibility index (Phi) is 5.97. The Morgan fingerprint density at radius 2 is 1.50 bits per heavy atom. The van der Waals surface area contributed by atoms with Crippen LogP contribution in [0.15, 0.2) is 0 Å². The fraction of sp³-hybridized carbons (Fsp3) is 1.00. The van der Waals surface area contributed by atoms with Crippen molar-refractivity contribution in [3.8, 4) is 0 Å². The second-order valence-electron chi connectivity index (χ2n) is 6.51. The third kappa shape index (κ3) is 4.24. The van der Waals surface area contributed by atoms with Gasteiger partial charge < -0.3 is 10.6 Å². The molecular weight excluding hydrogens is 220 g/mol. The summed E-state index contributed by atoms with van der Waals surface area (Å²) in [5.74, 6) is 0.975. The molecular formula is C16H32N2. The molecule has 0 saturated heterocycles. The van der Waals surface area contributed by atoms with E-state index in [9.17, 15) is 0 Å². The van der Waals surface area contributed by atoms with Gasteiger partial charge in [0.25, 0.3) is 0 Å². The molecule has 0 aliphatic heterocycles. The lowest BCUT2D eigenvalue weighted by molar-refractivity contribution is 0.130. The topological polar surface area (TPSA) is 29.3 Å². The highest BCUT2D eigenvalue weighted by molar-refractivity contribution is 4.82. The van der Waals surface area contributed by atoms with Crippen LogP contribution < -0.4 is 5.73 Å². The molecule has 2 heteroatoms. The smallest absolute Gasteiger partial charge is 0.00964 e. The maximum atomic E-state index is 6.02. The van der Waals surface area contributed by atoms with Gasteiger partial charge in [-0.3, -0.25) is 0 Å². The summed E-state index contributed by atoms with van der Waals surface area (Å²) in [5.41, 5.74) is 6.02. The molecule has 106 valence electrons. The second kappa shape index (κ2) is 7.49. The van der Waals surface area contributed by atoms with Gasteiger partial charge in [-0.05, 0) is 51.0 Å². The Balaban J connectivity index is 1.80. The van der Waals surface area contributed by atoms with Crippen molar-refractivity contribution in [1.82, 2.24) is 4.90 Å². The summed E-state index contributed by atoms with van der Waals surface area (Å²) in [6.45, 7) is 4.93.